The molecule has 0 saturated heterocycles. The van der Waals surface area contributed by atoms with Gasteiger partial charge in [-0.15, -0.1) is 0 Å². The standard InChI is InChI=1S/C16H14I2O2/c1-19-13-7-5-11(6-8-13)3-4-12-9-14(17)16(20-2)15(18)10-12/h3-10H,1-2H3. The summed E-state index contributed by atoms with van der Waals surface area (Å²) < 4.78 is 12.7. The van der Waals surface area contributed by atoms with Gasteiger partial charge in [0.15, 0.2) is 0 Å². The maximum absolute atomic E-state index is 5.37. The summed E-state index contributed by atoms with van der Waals surface area (Å²) in [7, 11) is 3.37. The van der Waals surface area contributed by atoms with E-state index in [1.807, 2.05) is 24.3 Å². The van der Waals surface area contributed by atoms with Crippen LogP contribution in [-0.2, 0) is 0 Å². The summed E-state index contributed by atoms with van der Waals surface area (Å²) in [6, 6.07) is 12.2. The highest BCUT2D eigenvalue weighted by Crippen LogP contribution is 2.29. The lowest BCUT2D eigenvalue weighted by Gasteiger charge is -2.07. The van der Waals surface area contributed by atoms with Crippen molar-refractivity contribution in [3.05, 3.63) is 54.7 Å². The van der Waals surface area contributed by atoms with Crippen LogP contribution in [0.5, 0.6) is 11.5 Å². The molecule has 0 bridgehead atoms. The predicted molar refractivity (Wildman–Crippen MR) is 100 cm³/mol. The minimum absolute atomic E-state index is 0.871. The summed E-state index contributed by atoms with van der Waals surface area (Å²) in [6.45, 7) is 0. The van der Waals surface area contributed by atoms with Crippen molar-refractivity contribution < 1.29 is 9.47 Å². The van der Waals surface area contributed by atoms with E-state index in [0.717, 1.165) is 29.8 Å². The third-order valence-corrected chi connectivity index (χ3v) is 4.41. The molecular weight excluding hydrogens is 478 g/mol. The molecule has 104 valence electrons. The van der Waals surface area contributed by atoms with E-state index in [2.05, 4.69) is 69.5 Å². The van der Waals surface area contributed by atoms with Crippen LogP contribution in [-0.4, -0.2) is 14.2 Å². The van der Waals surface area contributed by atoms with Gasteiger partial charge in [0, 0.05) is 0 Å². The van der Waals surface area contributed by atoms with Crippen molar-refractivity contribution in [2.24, 2.45) is 0 Å². The van der Waals surface area contributed by atoms with Gasteiger partial charge < -0.3 is 9.47 Å². The lowest BCUT2D eigenvalue weighted by molar-refractivity contribution is 0.409. The van der Waals surface area contributed by atoms with Gasteiger partial charge >= 0.3 is 0 Å². The topological polar surface area (TPSA) is 18.5 Å². The normalized spacial score (nSPS) is 10.8. The van der Waals surface area contributed by atoms with Crippen molar-refractivity contribution in [1.29, 1.82) is 0 Å². The Bertz CT molecular complexity index is 596. The van der Waals surface area contributed by atoms with Crippen molar-refractivity contribution in [3.8, 4) is 11.5 Å². The molecule has 0 heterocycles. The van der Waals surface area contributed by atoms with Gasteiger partial charge in [0.05, 0.1) is 21.4 Å². The Kier molecular flexibility index (Phi) is 5.71. The second-order valence-corrected chi connectivity index (χ2v) is 6.45. The van der Waals surface area contributed by atoms with E-state index in [9.17, 15) is 0 Å². The summed E-state index contributed by atoms with van der Waals surface area (Å²) in [5, 5.41) is 0. The van der Waals surface area contributed by atoms with E-state index < -0.39 is 0 Å². The smallest absolute Gasteiger partial charge is 0.145 e. The third kappa shape index (κ3) is 3.88. The molecule has 2 rings (SSSR count). The van der Waals surface area contributed by atoms with E-state index >= 15 is 0 Å². The van der Waals surface area contributed by atoms with Crippen LogP contribution < -0.4 is 9.47 Å². The molecule has 0 spiro atoms. The molecule has 0 saturated carbocycles. The zero-order chi connectivity index (χ0) is 14.5. The number of ether oxygens (including phenoxy) is 2. The minimum Gasteiger partial charge on any atom is -0.497 e. The van der Waals surface area contributed by atoms with Crippen LogP contribution in [0, 0.1) is 7.14 Å². The first kappa shape index (κ1) is 15.6. The zero-order valence-electron chi connectivity index (χ0n) is 11.2. The number of hydrogen-bond donors (Lipinski definition) is 0. The monoisotopic (exact) mass is 492 g/mol. The molecule has 0 fully saturated rings. The molecule has 20 heavy (non-hydrogen) atoms. The van der Waals surface area contributed by atoms with Crippen LogP contribution in [0.4, 0.5) is 0 Å². The minimum atomic E-state index is 0.871. The largest absolute Gasteiger partial charge is 0.497 e. The molecule has 0 amide bonds. The first-order valence-electron chi connectivity index (χ1n) is 5.99. The Balaban J connectivity index is 2.22. The Labute approximate surface area is 146 Å². The van der Waals surface area contributed by atoms with Crippen molar-refractivity contribution in [2.45, 2.75) is 0 Å². The van der Waals surface area contributed by atoms with Crippen molar-refractivity contribution >= 4 is 57.3 Å². The van der Waals surface area contributed by atoms with Gasteiger partial charge in [-0.25, -0.2) is 0 Å². The van der Waals surface area contributed by atoms with Crippen LogP contribution in [0.2, 0.25) is 0 Å². The Morgan fingerprint density at radius 1 is 0.800 bits per heavy atom. The molecule has 0 N–H and O–H groups in total. The maximum Gasteiger partial charge on any atom is 0.145 e. The lowest BCUT2D eigenvalue weighted by atomic mass is 10.1. The maximum atomic E-state index is 5.37. The van der Waals surface area contributed by atoms with E-state index in [4.69, 9.17) is 9.47 Å². The highest BCUT2D eigenvalue weighted by atomic mass is 127. The summed E-state index contributed by atoms with van der Waals surface area (Å²) in [5.41, 5.74) is 2.31. The molecule has 0 unspecified atom stereocenters. The average Bonchev–Trinajstić information content (AvgIpc) is 2.45. The fourth-order valence-electron chi connectivity index (χ4n) is 1.78. The molecule has 2 nitrogen and oxygen atoms in total. The molecule has 0 aliphatic carbocycles. The SMILES string of the molecule is COc1ccc(C=Cc2cc(I)c(OC)c(I)c2)cc1. The summed E-state index contributed by atoms with van der Waals surface area (Å²) in [5.74, 6) is 1.81. The summed E-state index contributed by atoms with van der Waals surface area (Å²) in [4.78, 5) is 0. The first-order valence-corrected chi connectivity index (χ1v) is 8.15. The van der Waals surface area contributed by atoms with Gasteiger partial charge in [-0.2, -0.15) is 0 Å². The van der Waals surface area contributed by atoms with Gasteiger partial charge in [0.25, 0.3) is 0 Å². The van der Waals surface area contributed by atoms with Crippen LogP contribution >= 0.6 is 45.2 Å². The van der Waals surface area contributed by atoms with E-state index in [0.29, 0.717) is 0 Å². The van der Waals surface area contributed by atoms with Crippen LogP contribution in [0.15, 0.2) is 36.4 Å². The number of hydrogen-bond acceptors (Lipinski definition) is 2. The fourth-order valence-corrected chi connectivity index (χ4v) is 4.03. The summed E-state index contributed by atoms with van der Waals surface area (Å²) in [6.07, 6.45) is 4.19. The van der Waals surface area contributed by atoms with Crippen LogP contribution in [0.3, 0.4) is 0 Å². The van der Waals surface area contributed by atoms with Crippen LogP contribution in [0.1, 0.15) is 11.1 Å². The molecule has 2 aromatic rings. The third-order valence-electron chi connectivity index (χ3n) is 2.81. The highest BCUT2D eigenvalue weighted by Gasteiger charge is 2.05. The number of methoxy groups -OCH3 is 2. The molecule has 0 aromatic heterocycles. The first-order chi connectivity index (χ1) is 9.63. The molecule has 0 aliphatic rings. The number of halogens is 2. The number of benzene rings is 2. The second kappa shape index (κ2) is 7.31. The Morgan fingerprint density at radius 3 is 1.85 bits per heavy atom. The molecule has 2 aromatic carbocycles. The van der Waals surface area contributed by atoms with Gasteiger partial charge in [-0.05, 0) is 80.6 Å². The Hall–Kier alpha value is -0.760. The lowest BCUT2D eigenvalue weighted by Crippen LogP contribution is -1.91. The zero-order valence-corrected chi connectivity index (χ0v) is 15.5. The molecule has 4 heteroatoms. The van der Waals surface area contributed by atoms with Crippen LogP contribution in [0.25, 0.3) is 12.2 Å². The number of rotatable bonds is 4. The molecule has 0 atom stereocenters. The van der Waals surface area contributed by atoms with Crippen molar-refractivity contribution in [2.75, 3.05) is 14.2 Å². The van der Waals surface area contributed by atoms with Gasteiger partial charge in [-0.1, -0.05) is 24.3 Å². The Morgan fingerprint density at radius 2 is 1.35 bits per heavy atom. The predicted octanol–water partition coefficient (Wildman–Crippen LogP) is 5.08. The average molecular weight is 492 g/mol. The van der Waals surface area contributed by atoms with Crippen molar-refractivity contribution in [1.82, 2.24) is 0 Å². The van der Waals surface area contributed by atoms with E-state index in [1.165, 1.54) is 0 Å². The van der Waals surface area contributed by atoms with Gasteiger partial charge in [-0.3, -0.25) is 0 Å². The quantitative estimate of drug-likeness (QED) is 0.438. The summed E-state index contributed by atoms with van der Waals surface area (Å²) >= 11 is 4.59. The van der Waals surface area contributed by atoms with Gasteiger partial charge in [0.2, 0.25) is 0 Å². The molecule has 0 aliphatic heterocycles. The van der Waals surface area contributed by atoms with Crippen molar-refractivity contribution in [3.63, 3.8) is 0 Å². The van der Waals surface area contributed by atoms with Gasteiger partial charge in [0.1, 0.15) is 11.5 Å². The fraction of sp³-hybridized carbons (Fsp3) is 0.125. The second-order valence-electron chi connectivity index (χ2n) is 4.12. The molecular formula is C16H14I2O2. The van der Waals surface area contributed by atoms with E-state index in [-0.39, 0.29) is 0 Å². The molecule has 0 radical (unpaired) electrons. The highest BCUT2D eigenvalue weighted by molar-refractivity contribution is 14.1. The van der Waals surface area contributed by atoms with E-state index in [1.54, 1.807) is 14.2 Å².